The van der Waals surface area contributed by atoms with Crippen molar-refractivity contribution in [1.82, 2.24) is 14.8 Å². The molecule has 7 heteroatoms. The van der Waals surface area contributed by atoms with Crippen LogP contribution in [0.1, 0.15) is 19.3 Å². The first-order valence-corrected chi connectivity index (χ1v) is 8.94. The van der Waals surface area contributed by atoms with Gasteiger partial charge >= 0.3 is 0 Å². The van der Waals surface area contributed by atoms with Gasteiger partial charge in [-0.25, -0.2) is 4.98 Å². The lowest BCUT2D eigenvalue weighted by Gasteiger charge is -2.36. The molecule has 2 aliphatic heterocycles. The SMILES string of the molecule is COC1CCCCN(CC(=O)N2CCN(c3ccccn3)CC2)C1=O. The fraction of sp³-hybridized carbons (Fsp3) is 0.611. The summed E-state index contributed by atoms with van der Waals surface area (Å²) >= 11 is 0. The van der Waals surface area contributed by atoms with Crippen LogP contribution in [0.4, 0.5) is 5.82 Å². The Morgan fingerprint density at radius 3 is 2.68 bits per heavy atom. The fourth-order valence-electron chi connectivity index (χ4n) is 3.43. The molecular formula is C18H26N4O3. The molecule has 0 aromatic carbocycles. The van der Waals surface area contributed by atoms with Gasteiger partial charge in [0.2, 0.25) is 5.91 Å². The Morgan fingerprint density at radius 1 is 1.20 bits per heavy atom. The van der Waals surface area contributed by atoms with Crippen molar-refractivity contribution in [1.29, 1.82) is 0 Å². The maximum atomic E-state index is 12.6. The summed E-state index contributed by atoms with van der Waals surface area (Å²) in [5.41, 5.74) is 0. The first kappa shape index (κ1) is 17.7. The number of pyridine rings is 1. The Bertz CT molecular complexity index is 587. The highest BCUT2D eigenvalue weighted by molar-refractivity contribution is 5.87. The smallest absolute Gasteiger partial charge is 0.252 e. The Labute approximate surface area is 148 Å². The molecule has 3 heterocycles. The van der Waals surface area contributed by atoms with Crippen molar-refractivity contribution in [2.75, 3.05) is 51.3 Å². The molecule has 0 aliphatic carbocycles. The molecule has 3 rings (SSSR count). The van der Waals surface area contributed by atoms with Crippen LogP contribution < -0.4 is 4.90 Å². The van der Waals surface area contributed by atoms with Crippen LogP contribution >= 0.6 is 0 Å². The fourth-order valence-corrected chi connectivity index (χ4v) is 3.43. The molecule has 0 radical (unpaired) electrons. The molecule has 2 aliphatic rings. The average Bonchev–Trinajstić information content (AvgIpc) is 2.84. The maximum Gasteiger partial charge on any atom is 0.252 e. The zero-order chi connectivity index (χ0) is 17.6. The summed E-state index contributed by atoms with van der Waals surface area (Å²) in [6.07, 6.45) is 3.99. The molecule has 1 aromatic heterocycles. The van der Waals surface area contributed by atoms with E-state index in [4.69, 9.17) is 4.74 Å². The van der Waals surface area contributed by atoms with Gasteiger partial charge in [-0.1, -0.05) is 6.07 Å². The molecule has 0 bridgehead atoms. The highest BCUT2D eigenvalue weighted by atomic mass is 16.5. The lowest BCUT2D eigenvalue weighted by Crippen LogP contribution is -2.52. The van der Waals surface area contributed by atoms with Crippen LogP contribution in [0.25, 0.3) is 0 Å². The van der Waals surface area contributed by atoms with E-state index in [9.17, 15) is 9.59 Å². The minimum absolute atomic E-state index is 0.0192. The van der Waals surface area contributed by atoms with E-state index in [1.807, 2.05) is 23.1 Å². The summed E-state index contributed by atoms with van der Waals surface area (Å²) in [6.45, 7) is 3.63. The van der Waals surface area contributed by atoms with Crippen molar-refractivity contribution in [2.45, 2.75) is 25.4 Å². The van der Waals surface area contributed by atoms with E-state index < -0.39 is 6.10 Å². The number of likely N-dealkylation sites (tertiary alicyclic amines) is 1. The Balaban J connectivity index is 1.53. The minimum atomic E-state index is -0.406. The second kappa shape index (κ2) is 8.29. The maximum absolute atomic E-state index is 12.6. The van der Waals surface area contributed by atoms with Gasteiger partial charge in [0.15, 0.2) is 0 Å². The summed E-state index contributed by atoms with van der Waals surface area (Å²) in [5.74, 6) is 0.909. The van der Waals surface area contributed by atoms with Crippen LogP contribution in [-0.4, -0.2) is 79.1 Å². The molecule has 7 nitrogen and oxygen atoms in total. The van der Waals surface area contributed by atoms with E-state index in [1.165, 1.54) is 0 Å². The topological polar surface area (TPSA) is 66.0 Å². The number of methoxy groups -OCH3 is 1. The Kier molecular flexibility index (Phi) is 5.86. The third kappa shape index (κ3) is 4.28. The number of nitrogens with zero attached hydrogens (tertiary/aromatic N) is 4. The van der Waals surface area contributed by atoms with Crippen molar-refractivity contribution in [3.05, 3.63) is 24.4 Å². The molecule has 0 spiro atoms. The van der Waals surface area contributed by atoms with Gasteiger partial charge in [-0.3, -0.25) is 9.59 Å². The van der Waals surface area contributed by atoms with Crippen LogP contribution in [0.15, 0.2) is 24.4 Å². The minimum Gasteiger partial charge on any atom is -0.372 e. The predicted molar refractivity (Wildman–Crippen MR) is 94.3 cm³/mol. The summed E-state index contributed by atoms with van der Waals surface area (Å²) in [4.78, 5) is 35.1. The van der Waals surface area contributed by atoms with Crippen molar-refractivity contribution in [3.8, 4) is 0 Å². The van der Waals surface area contributed by atoms with Crippen LogP contribution in [0.3, 0.4) is 0 Å². The highest BCUT2D eigenvalue weighted by Gasteiger charge is 2.30. The molecule has 136 valence electrons. The molecule has 1 unspecified atom stereocenters. The molecule has 1 aromatic rings. The zero-order valence-corrected chi connectivity index (χ0v) is 14.8. The number of anilines is 1. The number of ether oxygens (including phenoxy) is 1. The van der Waals surface area contributed by atoms with E-state index in [2.05, 4.69) is 9.88 Å². The van der Waals surface area contributed by atoms with E-state index in [-0.39, 0.29) is 18.4 Å². The summed E-state index contributed by atoms with van der Waals surface area (Å²) in [6, 6.07) is 5.85. The summed E-state index contributed by atoms with van der Waals surface area (Å²) in [5, 5.41) is 0. The molecule has 2 fully saturated rings. The summed E-state index contributed by atoms with van der Waals surface area (Å²) in [7, 11) is 1.56. The molecule has 2 saturated heterocycles. The summed E-state index contributed by atoms with van der Waals surface area (Å²) < 4.78 is 5.27. The number of carbonyl (C=O) groups excluding carboxylic acids is 2. The third-order valence-electron chi connectivity index (χ3n) is 4.95. The molecule has 0 saturated carbocycles. The third-order valence-corrected chi connectivity index (χ3v) is 4.95. The quantitative estimate of drug-likeness (QED) is 0.805. The van der Waals surface area contributed by atoms with Gasteiger partial charge < -0.3 is 19.4 Å². The highest BCUT2D eigenvalue weighted by Crippen LogP contribution is 2.16. The number of aromatic nitrogens is 1. The van der Waals surface area contributed by atoms with Crippen LogP contribution in [0.5, 0.6) is 0 Å². The van der Waals surface area contributed by atoms with Crippen LogP contribution in [-0.2, 0) is 14.3 Å². The largest absolute Gasteiger partial charge is 0.372 e. The van der Waals surface area contributed by atoms with Crippen molar-refractivity contribution in [2.24, 2.45) is 0 Å². The lowest BCUT2D eigenvalue weighted by molar-refractivity contribution is -0.146. The van der Waals surface area contributed by atoms with Gasteiger partial charge in [-0.2, -0.15) is 0 Å². The number of piperazine rings is 1. The monoisotopic (exact) mass is 346 g/mol. The van der Waals surface area contributed by atoms with Gasteiger partial charge in [-0.05, 0) is 31.4 Å². The van der Waals surface area contributed by atoms with Gasteiger partial charge in [0, 0.05) is 46.0 Å². The zero-order valence-electron chi connectivity index (χ0n) is 14.8. The number of hydrogen-bond acceptors (Lipinski definition) is 5. The van der Waals surface area contributed by atoms with Gasteiger partial charge in [0.25, 0.3) is 5.91 Å². The normalized spacial score (nSPS) is 22.0. The van der Waals surface area contributed by atoms with Crippen LogP contribution in [0.2, 0.25) is 0 Å². The number of rotatable bonds is 4. The first-order valence-electron chi connectivity index (χ1n) is 8.94. The number of hydrogen-bond donors (Lipinski definition) is 0. The second-order valence-corrected chi connectivity index (χ2v) is 6.54. The first-order chi connectivity index (χ1) is 12.2. The van der Waals surface area contributed by atoms with Gasteiger partial charge in [0.1, 0.15) is 11.9 Å². The number of carbonyl (C=O) groups is 2. The lowest BCUT2D eigenvalue weighted by atomic mass is 10.2. The molecule has 25 heavy (non-hydrogen) atoms. The molecular weight excluding hydrogens is 320 g/mol. The van der Waals surface area contributed by atoms with Crippen molar-refractivity contribution >= 4 is 17.6 Å². The van der Waals surface area contributed by atoms with Crippen molar-refractivity contribution in [3.63, 3.8) is 0 Å². The van der Waals surface area contributed by atoms with Crippen LogP contribution in [0, 0.1) is 0 Å². The average molecular weight is 346 g/mol. The Morgan fingerprint density at radius 2 is 2.00 bits per heavy atom. The van der Waals surface area contributed by atoms with E-state index >= 15 is 0 Å². The van der Waals surface area contributed by atoms with E-state index in [1.54, 1.807) is 18.2 Å². The molecule has 2 amide bonds. The predicted octanol–water partition coefficient (Wildman–Crippen LogP) is 0.758. The Hall–Kier alpha value is -2.15. The standard InChI is InChI=1S/C18H26N4O3/c1-25-15-6-3-5-9-22(18(15)24)14-17(23)21-12-10-20(11-13-21)16-7-2-4-8-19-16/h2,4,7-8,15H,3,5-6,9-14H2,1H3. The van der Waals surface area contributed by atoms with Crippen molar-refractivity contribution < 1.29 is 14.3 Å². The van der Waals surface area contributed by atoms with Gasteiger partial charge in [0.05, 0.1) is 6.54 Å². The second-order valence-electron chi connectivity index (χ2n) is 6.54. The van der Waals surface area contributed by atoms with E-state index in [0.717, 1.165) is 38.2 Å². The molecule has 0 N–H and O–H groups in total. The number of amides is 2. The van der Waals surface area contributed by atoms with E-state index in [0.29, 0.717) is 19.6 Å². The van der Waals surface area contributed by atoms with Gasteiger partial charge in [-0.15, -0.1) is 0 Å². The molecule has 1 atom stereocenters.